The van der Waals surface area contributed by atoms with Crippen LogP contribution < -0.4 is 26.0 Å². The highest BCUT2D eigenvalue weighted by atomic mass is 35.5. The number of benzene rings is 2. The average Bonchev–Trinajstić information content (AvgIpc) is 2.92. The number of ether oxygens (including phenoxy) is 1. The van der Waals surface area contributed by atoms with Crippen molar-refractivity contribution in [3.05, 3.63) is 70.8 Å². The molecule has 1 aliphatic heterocycles. The SMILES string of the molecule is CC(C)C[C@@H]1NCCOc2ccccc2/C=C/CNC(=O)[C@H](Cc2cccc(Cl)c2)NC(=O)CCCCNC1=O. The summed E-state index contributed by atoms with van der Waals surface area (Å²) in [6, 6.07) is 13.9. The molecule has 0 unspecified atom stereocenters. The Kier molecular flexibility index (Phi) is 13.0. The number of hydrogen-bond acceptors (Lipinski definition) is 5. The molecule has 0 aromatic heterocycles. The third-order valence-electron chi connectivity index (χ3n) is 6.49. The first-order valence-corrected chi connectivity index (χ1v) is 14.4. The molecule has 40 heavy (non-hydrogen) atoms. The summed E-state index contributed by atoms with van der Waals surface area (Å²) >= 11 is 6.14. The molecule has 2 atom stereocenters. The second-order valence-electron chi connectivity index (χ2n) is 10.4. The lowest BCUT2D eigenvalue weighted by Crippen LogP contribution is -2.48. The molecule has 9 heteroatoms. The fourth-order valence-electron chi connectivity index (χ4n) is 4.49. The lowest BCUT2D eigenvalue weighted by Gasteiger charge is -2.20. The van der Waals surface area contributed by atoms with Gasteiger partial charge in [0.15, 0.2) is 0 Å². The molecule has 216 valence electrons. The summed E-state index contributed by atoms with van der Waals surface area (Å²) in [6.45, 7) is 5.87. The van der Waals surface area contributed by atoms with Crippen molar-refractivity contribution in [3.63, 3.8) is 0 Å². The van der Waals surface area contributed by atoms with E-state index in [2.05, 4.69) is 35.1 Å². The van der Waals surface area contributed by atoms with Gasteiger partial charge in [-0.3, -0.25) is 14.4 Å². The summed E-state index contributed by atoms with van der Waals surface area (Å²) in [4.78, 5) is 38.7. The monoisotopic (exact) mass is 568 g/mol. The van der Waals surface area contributed by atoms with Crippen molar-refractivity contribution in [2.75, 3.05) is 26.2 Å². The molecule has 3 rings (SSSR count). The number of nitrogens with one attached hydrogen (secondary N) is 4. The third kappa shape index (κ3) is 11.0. The van der Waals surface area contributed by atoms with Crippen molar-refractivity contribution in [2.24, 2.45) is 5.92 Å². The molecular formula is C31H41ClN4O4. The van der Waals surface area contributed by atoms with Gasteiger partial charge in [-0.05, 0) is 48.9 Å². The summed E-state index contributed by atoms with van der Waals surface area (Å²) in [5.74, 6) is 0.534. The van der Waals surface area contributed by atoms with Crippen LogP contribution in [-0.4, -0.2) is 56.0 Å². The van der Waals surface area contributed by atoms with Crippen LogP contribution in [-0.2, 0) is 20.8 Å². The summed E-state index contributed by atoms with van der Waals surface area (Å²) in [5.41, 5.74) is 1.73. The highest BCUT2D eigenvalue weighted by Crippen LogP contribution is 2.19. The zero-order chi connectivity index (χ0) is 28.7. The molecule has 1 aliphatic rings. The fourth-order valence-corrected chi connectivity index (χ4v) is 4.70. The Balaban J connectivity index is 1.73. The number of para-hydroxylation sites is 1. The lowest BCUT2D eigenvalue weighted by atomic mass is 10.0. The van der Waals surface area contributed by atoms with Gasteiger partial charge in [-0.1, -0.05) is 67.9 Å². The summed E-state index contributed by atoms with van der Waals surface area (Å²) in [6.07, 6.45) is 6.28. The first-order chi connectivity index (χ1) is 19.3. The first-order valence-electron chi connectivity index (χ1n) is 14.0. The topological polar surface area (TPSA) is 109 Å². The predicted octanol–water partition coefficient (Wildman–Crippen LogP) is 3.88. The molecule has 0 spiro atoms. The van der Waals surface area contributed by atoms with E-state index >= 15 is 0 Å². The van der Waals surface area contributed by atoms with E-state index in [1.807, 2.05) is 48.6 Å². The van der Waals surface area contributed by atoms with Crippen LogP contribution >= 0.6 is 11.6 Å². The molecule has 0 saturated heterocycles. The molecule has 0 radical (unpaired) electrons. The lowest BCUT2D eigenvalue weighted by molar-refractivity contribution is -0.128. The van der Waals surface area contributed by atoms with E-state index in [-0.39, 0.29) is 30.2 Å². The maximum Gasteiger partial charge on any atom is 0.243 e. The van der Waals surface area contributed by atoms with Gasteiger partial charge in [0.05, 0.1) is 6.04 Å². The van der Waals surface area contributed by atoms with Crippen LogP contribution in [0.25, 0.3) is 6.08 Å². The third-order valence-corrected chi connectivity index (χ3v) is 6.73. The van der Waals surface area contributed by atoms with Crippen LogP contribution in [0.4, 0.5) is 0 Å². The van der Waals surface area contributed by atoms with E-state index in [0.29, 0.717) is 68.6 Å². The van der Waals surface area contributed by atoms with Crippen molar-refractivity contribution >= 4 is 35.4 Å². The molecule has 0 aliphatic carbocycles. The van der Waals surface area contributed by atoms with Gasteiger partial charge in [0.25, 0.3) is 0 Å². The van der Waals surface area contributed by atoms with E-state index in [0.717, 1.165) is 11.1 Å². The largest absolute Gasteiger partial charge is 0.492 e. The standard InChI is InChI=1S/C31H41ClN4O4/c1-22(2)19-26-30(38)34-15-6-5-14-29(37)36-27(21-23-9-7-12-25(32)20-23)31(39)35-16-8-11-24-10-3-4-13-28(24)40-18-17-33-26/h3-4,7-13,20,22,26-27,33H,5-6,14-19,21H2,1-2H3,(H,34,38)(H,35,39)(H,36,37)/b11-8+/t26-,27-/m0/s1. The van der Waals surface area contributed by atoms with Crippen LogP contribution in [0.5, 0.6) is 5.75 Å². The highest BCUT2D eigenvalue weighted by Gasteiger charge is 2.22. The maximum atomic E-state index is 13.1. The molecule has 8 nitrogen and oxygen atoms in total. The first kappa shape index (κ1) is 31.2. The average molecular weight is 569 g/mol. The van der Waals surface area contributed by atoms with Crippen molar-refractivity contribution in [1.82, 2.24) is 21.3 Å². The van der Waals surface area contributed by atoms with Gasteiger partial charge in [0.2, 0.25) is 17.7 Å². The van der Waals surface area contributed by atoms with Crippen LogP contribution in [0.2, 0.25) is 5.02 Å². The number of fused-ring (bicyclic) bond motifs is 1. The molecular weight excluding hydrogens is 528 g/mol. The zero-order valence-electron chi connectivity index (χ0n) is 23.4. The fraction of sp³-hybridized carbons (Fsp3) is 0.452. The van der Waals surface area contributed by atoms with E-state index in [1.165, 1.54) is 0 Å². The Morgan fingerprint density at radius 1 is 0.950 bits per heavy atom. The smallest absolute Gasteiger partial charge is 0.243 e. The Labute approximate surface area is 242 Å². The number of amides is 3. The van der Waals surface area contributed by atoms with Crippen molar-refractivity contribution in [2.45, 2.75) is 58.0 Å². The molecule has 0 fully saturated rings. The second kappa shape index (κ2) is 16.7. The van der Waals surface area contributed by atoms with E-state index < -0.39 is 6.04 Å². The van der Waals surface area contributed by atoms with Gasteiger partial charge < -0.3 is 26.0 Å². The van der Waals surface area contributed by atoms with Crippen molar-refractivity contribution in [3.8, 4) is 5.75 Å². The predicted molar refractivity (Wildman–Crippen MR) is 159 cm³/mol. The molecule has 3 amide bonds. The van der Waals surface area contributed by atoms with Gasteiger partial charge in [-0.2, -0.15) is 0 Å². The summed E-state index contributed by atoms with van der Waals surface area (Å²) < 4.78 is 6.01. The molecule has 1 heterocycles. The van der Waals surface area contributed by atoms with Gasteiger partial charge in [0.1, 0.15) is 18.4 Å². The quantitative estimate of drug-likeness (QED) is 0.448. The Hall–Kier alpha value is -3.36. The molecule has 0 bridgehead atoms. The van der Waals surface area contributed by atoms with E-state index in [4.69, 9.17) is 16.3 Å². The Morgan fingerprint density at radius 2 is 1.75 bits per heavy atom. The van der Waals surface area contributed by atoms with Gasteiger partial charge in [-0.15, -0.1) is 0 Å². The van der Waals surface area contributed by atoms with E-state index in [1.54, 1.807) is 12.1 Å². The van der Waals surface area contributed by atoms with Crippen molar-refractivity contribution in [1.29, 1.82) is 0 Å². The minimum absolute atomic E-state index is 0.0503. The van der Waals surface area contributed by atoms with Gasteiger partial charge >= 0.3 is 0 Å². The minimum atomic E-state index is -0.744. The van der Waals surface area contributed by atoms with E-state index in [9.17, 15) is 14.4 Å². The van der Waals surface area contributed by atoms with Crippen LogP contribution in [0.15, 0.2) is 54.6 Å². The Bertz CT molecular complexity index is 1150. The minimum Gasteiger partial charge on any atom is -0.492 e. The van der Waals surface area contributed by atoms with Gasteiger partial charge in [-0.25, -0.2) is 0 Å². The Morgan fingerprint density at radius 3 is 2.55 bits per heavy atom. The maximum absolute atomic E-state index is 13.1. The normalized spacial score (nSPS) is 21.1. The number of hydrogen-bond donors (Lipinski definition) is 4. The zero-order valence-corrected chi connectivity index (χ0v) is 24.1. The molecule has 4 N–H and O–H groups in total. The van der Waals surface area contributed by atoms with Crippen LogP contribution in [0.3, 0.4) is 0 Å². The molecule has 0 saturated carbocycles. The molecule has 2 aromatic rings. The van der Waals surface area contributed by atoms with Crippen molar-refractivity contribution < 1.29 is 19.1 Å². The van der Waals surface area contributed by atoms with Gasteiger partial charge in [0, 0.05) is 43.1 Å². The number of rotatable bonds is 4. The number of carbonyl (C=O) groups excluding carboxylic acids is 3. The summed E-state index contributed by atoms with van der Waals surface area (Å²) in [5, 5.41) is 12.7. The number of halogens is 1. The molecule has 2 aromatic carbocycles. The highest BCUT2D eigenvalue weighted by molar-refractivity contribution is 6.30. The van der Waals surface area contributed by atoms with Crippen LogP contribution in [0, 0.1) is 5.92 Å². The second-order valence-corrected chi connectivity index (χ2v) is 10.8. The summed E-state index contributed by atoms with van der Waals surface area (Å²) in [7, 11) is 0. The number of carbonyl (C=O) groups is 3. The van der Waals surface area contributed by atoms with Crippen LogP contribution in [0.1, 0.15) is 50.7 Å².